The number of hydrogen-bond acceptors (Lipinski definition) is 2. The summed E-state index contributed by atoms with van der Waals surface area (Å²) >= 11 is 0. The van der Waals surface area contributed by atoms with Gasteiger partial charge in [-0.3, -0.25) is 0 Å². The zero-order valence-corrected chi connectivity index (χ0v) is 24.5. The van der Waals surface area contributed by atoms with Crippen LogP contribution in [0, 0.1) is 6.92 Å². The van der Waals surface area contributed by atoms with Crippen LogP contribution in [-0.2, 0) is 4.74 Å². The second kappa shape index (κ2) is 10.4. The number of fused-ring (bicyclic) bond motifs is 5. The molecule has 2 aliphatic carbocycles. The average Bonchev–Trinajstić information content (AvgIpc) is 3.54. The van der Waals surface area contributed by atoms with Gasteiger partial charge in [0.25, 0.3) is 0 Å². The van der Waals surface area contributed by atoms with Gasteiger partial charge in [0.1, 0.15) is 0 Å². The molecule has 5 rings (SSSR count). The first-order chi connectivity index (χ1) is 17.2. The van der Waals surface area contributed by atoms with Crippen molar-refractivity contribution in [3.8, 4) is 0 Å². The molecule has 0 N–H and O–H groups in total. The molecule has 0 radical (unpaired) electrons. The molecule has 1 heterocycles. The quantitative estimate of drug-likeness (QED) is 0.314. The van der Waals surface area contributed by atoms with E-state index >= 15 is 0 Å². The number of unbranched alkanes of at least 4 members (excludes halogenated alkanes) is 3. The third-order valence-electron chi connectivity index (χ3n) is 9.28. The van der Waals surface area contributed by atoms with Crippen molar-refractivity contribution in [1.29, 1.82) is 0 Å². The molecule has 1 fully saturated rings. The van der Waals surface area contributed by atoms with E-state index in [2.05, 4.69) is 88.4 Å². The highest BCUT2D eigenvalue weighted by molar-refractivity contribution is 8.33. The maximum absolute atomic E-state index is 5.98. The Hall–Kier alpha value is -1.45. The lowest BCUT2D eigenvalue weighted by molar-refractivity contribution is -0.00470. The average molecular weight is 508 g/mol. The van der Waals surface area contributed by atoms with Gasteiger partial charge in [0.2, 0.25) is 0 Å². The van der Waals surface area contributed by atoms with Gasteiger partial charge in [-0.15, -0.1) is 0 Å². The highest BCUT2D eigenvalue weighted by Crippen LogP contribution is 2.75. The molecule has 2 nitrogen and oxygen atoms in total. The van der Waals surface area contributed by atoms with E-state index in [4.69, 9.17) is 4.74 Å². The minimum absolute atomic E-state index is 0.0132. The Morgan fingerprint density at radius 1 is 0.917 bits per heavy atom. The summed E-state index contributed by atoms with van der Waals surface area (Å²) in [6, 6.07) is 17.3. The van der Waals surface area contributed by atoms with Crippen LogP contribution < -0.4 is 4.90 Å². The molecule has 0 spiro atoms. The summed E-state index contributed by atoms with van der Waals surface area (Å²) in [7, 11) is 1.53. The molecule has 2 aromatic carbocycles. The number of aryl methyl sites for hydroxylation is 1. The first-order valence-corrected chi connectivity index (χ1v) is 16.8. The number of likely N-dealkylation sites (N-methyl/N-ethyl adjacent to an activating group) is 1. The first kappa shape index (κ1) is 26.2. The summed E-state index contributed by atoms with van der Waals surface area (Å²) in [6.07, 6.45) is 13.8. The third-order valence-corrected chi connectivity index (χ3v) is 14.2. The summed E-state index contributed by atoms with van der Waals surface area (Å²) in [4.78, 5) is 2.61. The molecule has 0 saturated heterocycles. The van der Waals surface area contributed by atoms with Crippen molar-refractivity contribution in [3.05, 3.63) is 64.7 Å². The number of hydrogen-bond donors (Lipinski definition) is 0. The van der Waals surface area contributed by atoms with E-state index in [0.29, 0.717) is 17.2 Å². The van der Waals surface area contributed by atoms with E-state index in [1.54, 1.807) is 16.7 Å². The minimum Gasteiger partial charge on any atom is -0.376 e. The lowest BCUT2D eigenvalue weighted by atomic mass is 9.94. The number of anilines is 1. The van der Waals surface area contributed by atoms with Crippen molar-refractivity contribution >= 4 is 15.7 Å². The predicted molar refractivity (Wildman–Crippen MR) is 159 cm³/mol. The minimum atomic E-state index is -0.816. The van der Waals surface area contributed by atoms with E-state index in [-0.39, 0.29) is 5.60 Å². The Morgan fingerprint density at radius 2 is 1.61 bits per heavy atom. The monoisotopic (exact) mass is 507 g/mol. The van der Waals surface area contributed by atoms with Crippen LogP contribution in [0.4, 0.5) is 5.69 Å². The van der Waals surface area contributed by atoms with Gasteiger partial charge in [0, 0.05) is 30.5 Å². The number of benzene rings is 2. The van der Waals surface area contributed by atoms with E-state index in [1.807, 2.05) is 0 Å². The lowest BCUT2D eigenvalue weighted by Crippen LogP contribution is -2.27. The number of ether oxygens (including phenoxy) is 1. The van der Waals surface area contributed by atoms with Crippen LogP contribution in [0.15, 0.2) is 42.5 Å². The van der Waals surface area contributed by atoms with Crippen LogP contribution in [-0.4, -0.2) is 36.5 Å². The van der Waals surface area contributed by atoms with Crippen molar-refractivity contribution < 1.29 is 4.74 Å². The summed E-state index contributed by atoms with van der Waals surface area (Å²) in [5.41, 5.74) is 7.80. The van der Waals surface area contributed by atoms with Crippen molar-refractivity contribution in [2.24, 2.45) is 0 Å². The van der Waals surface area contributed by atoms with E-state index < -0.39 is 10.0 Å². The molecule has 2 aromatic rings. The van der Waals surface area contributed by atoms with Crippen LogP contribution in [0.2, 0.25) is 0 Å². The normalized spacial score (nSPS) is 25.9. The molecule has 0 bridgehead atoms. The lowest BCUT2D eigenvalue weighted by Gasteiger charge is -2.50. The Labute approximate surface area is 222 Å². The Bertz CT molecular complexity index is 1050. The van der Waals surface area contributed by atoms with Crippen LogP contribution in [0.1, 0.15) is 112 Å². The maximum atomic E-state index is 5.98. The van der Waals surface area contributed by atoms with Gasteiger partial charge in [0.15, 0.2) is 0 Å². The zero-order chi connectivity index (χ0) is 25.5. The zero-order valence-electron chi connectivity index (χ0n) is 23.7. The SMILES string of the molecule is Cc1ccc2c(c1)C1C(c3ccccc3C1S(C)(CCCCCCOC(C)(C)C)C1CCCC1)N2C. The molecular formula is C33H49NOS. The highest BCUT2D eigenvalue weighted by Gasteiger charge is 2.54. The largest absolute Gasteiger partial charge is 0.376 e. The van der Waals surface area contributed by atoms with Gasteiger partial charge in [-0.2, -0.15) is 0 Å². The number of rotatable bonds is 9. The fraction of sp³-hybridized carbons (Fsp3) is 0.636. The summed E-state index contributed by atoms with van der Waals surface area (Å²) < 4.78 is 5.98. The molecule has 3 heteroatoms. The third kappa shape index (κ3) is 4.87. The summed E-state index contributed by atoms with van der Waals surface area (Å²) in [5.74, 6) is 2.05. The Morgan fingerprint density at radius 3 is 2.33 bits per heavy atom. The van der Waals surface area contributed by atoms with Gasteiger partial charge in [-0.25, -0.2) is 10.0 Å². The molecule has 36 heavy (non-hydrogen) atoms. The summed E-state index contributed by atoms with van der Waals surface area (Å²) in [6.45, 7) is 9.66. The van der Waals surface area contributed by atoms with Gasteiger partial charge in [-0.1, -0.05) is 67.6 Å². The van der Waals surface area contributed by atoms with Gasteiger partial charge in [-0.05, 0) is 93.4 Å². The molecular weight excluding hydrogens is 458 g/mol. The summed E-state index contributed by atoms with van der Waals surface area (Å²) in [5, 5.41) is 1.62. The molecule has 4 unspecified atom stereocenters. The fourth-order valence-corrected chi connectivity index (χ4v) is 12.6. The van der Waals surface area contributed by atoms with Gasteiger partial charge >= 0.3 is 0 Å². The molecule has 198 valence electrons. The van der Waals surface area contributed by atoms with Crippen molar-refractivity contribution in [2.75, 3.05) is 30.6 Å². The smallest absolute Gasteiger partial charge is 0.0625 e. The Kier molecular flexibility index (Phi) is 7.54. The molecule has 1 saturated carbocycles. The van der Waals surface area contributed by atoms with E-state index in [9.17, 15) is 0 Å². The standard InChI is InChI=1S/C33H49NOS/c1-24-19-20-29-28(23-24)30-31(34(29)5)26-17-11-12-18-27(26)32(30)36(6,25-15-9-10-16-25)22-14-8-7-13-21-35-33(2,3)4/h11-12,17-20,23,25,30-32H,7-10,13-16,21-22H2,1-6H3. The van der Waals surface area contributed by atoms with Crippen LogP contribution in [0.3, 0.4) is 0 Å². The van der Waals surface area contributed by atoms with E-state index in [0.717, 1.165) is 11.9 Å². The van der Waals surface area contributed by atoms with Gasteiger partial charge < -0.3 is 9.64 Å². The number of nitrogens with zero attached hydrogens (tertiary/aromatic N) is 1. The van der Waals surface area contributed by atoms with Crippen molar-refractivity contribution in [2.45, 2.75) is 107 Å². The van der Waals surface area contributed by atoms with E-state index in [1.165, 1.54) is 68.4 Å². The van der Waals surface area contributed by atoms with Crippen molar-refractivity contribution in [3.63, 3.8) is 0 Å². The fourth-order valence-electron chi connectivity index (χ4n) is 7.59. The van der Waals surface area contributed by atoms with Crippen LogP contribution in [0.5, 0.6) is 0 Å². The molecule has 1 aliphatic heterocycles. The van der Waals surface area contributed by atoms with Gasteiger partial charge in [0.05, 0.1) is 11.6 Å². The van der Waals surface area contributed by atoms with Crippen LogP contribution >= 0.6 is 10.0 Å². The molecule has 3 aliphatic rings. The molecule has 0 aromatic heterocycles. The molecule has 0 amide bonds. The maximum Gasteiger partial charge on any atom is 0.0625 e. The van der Waals surface area contributed by atoms with Crippen molar-refractivity contribution in [1.82, 2.24) is 0 Å². The molecule has 4 atom stereocenters. The topological polar surface area (TPSA) is 12.5 Å². The second-order valence-electron chi connectivity index (χ2n) is 12.9. The highest BCUT2D eigenvalue weighted by atomic mass is 32.3. The van der Waals surface area contributed by atoms with Crippen LogP contribution in [0.25, 0.3) is 0 Å². The first-order valence-electron chi connectivity index (χ1n) is 14.5. The predicted octanol–water partition coefficient (Wildman–Crippen LogP) is 9.08. The second-order valence-corrected chi connectivity index (χ2v) is 17.0. The Balaban J connectivity index is 1.41.